The normalized spacial score (nSPS) is 15.7. The molecular weight excluding hydrogens is 236 g/mol. The van der Waals surface area contributed by atoms with Crippen molar-refractivity contribution in [3.63, 3.8) is 0 Å². The lowest BCUT2D eigenvalue weighted by Crippen LogP contribution is -2.33. The average Bonchev–Trinajstić information content (AvgIpc) is 2.29. The minimum absolute atomic E-state index is 0.104. The van der Waals surface area contributed by atoms with E-state index in [0.29, 0.717) is 10.7 Å². The van der Waals surface area contributed by atoms with Gasteiger partial charge in [-0.3, -0.25) is 0 Å². The van der Waals surface area contributed by atoms with Gasteiger partial charge in [0.1, 0.15) is 5.82 Å². The van der Waals surface area contributed by atoms with Gasteiger partial charge in [0.2, 0.25) is 0 Å². The molecule has 3 nitrogen and oxygen atoms in total. The van der Waals surface area contributed by atoms with Crippen LogP contribution in [0.3, 0.4) is 0 Å². The summed E-state index contributed by atoms with van der Waals surface area (Å²) in [7, 11) is 0. The van der Waals surface area contributed by atoms with Gasteiger partial charge in [-0.2, -0.15) is 0 Å². The first-order chi connectivity index (χ1) is 8.24. The molecule has 0 saturated heterocycles. The number of hydrogen-bond acceptors (Lipinski definition) is 3. The van der Waals surface area contributed by atoms with Crippen molar-refractivity contribution in [2.75, 3.05) is 18.0 Å². The van der Waals surface area contributed by atoms with Crippen LogP contribution in [0.25, 0.3) is 0 Å². The summed E-state index contributed by atoms with van der Waals surface area (Å²) in [5, 5.41) is 9.71. The molecule has 1 fully saturated rings. The van der Waals surface area contributed by atoms with E-state index in [0.717, 1.165) is 24.8 Å². The Kier molecular flexibility index (Phi) is 4.24. The van der Waals surface area contributed by atoms with Crippen molar-refractivity contribution in [1.82, 2.24) is 4.98 Å². The highest BCUT2D eigenvalue weighted by Gasteiger charge is 2.21. The Bertz CT molecular complexity index is 380. The zero-order valence-corrected chi connectivity index (χ0v) is 11.0. The van der Waals surface area contributed by atoms with Crippen LogP contribution in [0.4, 0.5) is 5.82 Å². The van der Waals surface area contributed by atoms with Gasteiger partial charge in [-0.1, -0.05) is 18.0 Å². The van der Waals surface area contributed by atoms with Gasteiger partial charge < -0.3 is 10.0 Å². The van der Waals surface area contributed by atoms with Crippen LogP contribution < -0.4 is 4.90 Å². The first-order valence-corrected chi connectivity index (χ1v) is 6.63. The van der Waals surface area contributed by atoms with Gasteiger partial charge in [0.25, 0.3) is 0 Å². The predicted molar refractivity (Wildman–Crippen MR) is 70.4 cm³/mol. The monoisotopic (exact) mass is 254 g/mol. The number of aliphatic hydroxyl groups is 1. The van der Waals surface area contributed by atoms with Crippen LogP contribution in [-0.4, -0.2) is 23.2 Å². The second-order valence-electron chi connectivity index (χ2n) is 4.59. The highest BCUT2D eigenvalue weighted by Crippen LogP contribution is 2.29. The van der Waals surface area contributed by atoms with E-state index in [1.807, 2.05) is 12.1 Å². The molecule has 0 radical (unpaired) electrons. The van der Waals surface area contributed by atoms with E-state index in [4.69, 9.17) is 11.6 Å². The minimum atomic E-state index is -0.104. The number of aromatic nitrogens is 1. The quantitative estimate of drug-likeness (QED) is 0.878. The Morgan fingerprint density at radius 1 is 1.47 bits per heavy atom. The summed E-state index contributed by atoms with van der Waals surface area (Å²) in [5.41, 5.74) is 0.566. The molecule has 4 heteroatoms. The summed E-state index contributed by atoms with van der Waals surface area (Å²) in [6.07, 6.45) is 4.02. The van der Waals surface area contributed by atoms with Gasteiger partial charge in [0, 0.05) is 13.1 Å². The Hall–Kier alpha value is -0.800. The number of pyridine rings is 1. The van der Waals surface area contributed by atoms with Crippen molar-refractivity contribution in [3.05, 3.63) is 22.8 Å². The number of aliphatic hydroxyl groups excluding tert-OH is 1. The van der Waals surface area contributed by atoms with Crippen LogP contribution in [0.5, 0.6) is 0 Å². The van der Waals surface area contributed by atoms with E-state index in [1.54, 1.807) is 0 Å². The minimum Gasteiger partial charge on any atom is -0.390 e. The fourth-order valence-electron chi connectivity index (χ4n) is 2.13. The molecule has 1 aliphatic rings. The van der Waals surface area contributed by atoms with Crippen molar-refractivity contribution in [2.24, 2.45) is 5.92 Å². The Morgan fingerprint density at radius 2 is 2.24 bits per heavy atom. The number of rotatable bonds is 5. The number of hydrogen-bond donors (Lipinski definition) is 1. The second kappa shape index (κ2) is 5.69. The van der Waals surface area contributed by atoms with Crippen molar-refractivity contribution < 1.29 is 5.11 Å². The Labute approximate surface area is 107 Å². The van der Waals surface area contributed by atoms with Gasteiger partial charge in [-0.15, -0.1) is 0 Å². The van der Waals surface area contributed by atoms with E-state index in [-0.39, 0.29) is 6.61 Å². The molecule has 0 unspecified atom stereocenters. The molecule has 1 aromatic rings. The molecule has 1 aliphatic carbocycles. The molecule has 1 aromatic heterocycles. The zero-order chi connectivity index (χ0) is 12.3. The molecule has 0 atom stereocenters. The van der Waals surface area contributed by atoms with Gasteiger partial charge in [0.05, 0.1) is 17.3 Å². The van der Waals surface area contributed by atoms with Crippen LogP contribution in [0, 0.1) is 5.92 Å². The summed E-state index contributed by atoms with van der Waals surface area (Å²) < 4.78 is 0. The average molecular weight is 255 g/mol. The molecule has 1 heterocycles. The zero-order valence-electron chi connectivity index (χ0n) is 10.2. The molecule has 0 amide bonds. The number of nitrogens with zero attached hydrogens (tertiary/aromatic N) is 2. The van der Waals surface area contributed by atoms with Gasteiger partial charge in [0.15, 0.2) is 0 Å². The number of halogens is 1. The summed E-state index contributed by atoms with van der Waals surface area (Å²) in [6.45, 7) is 4.03. The molecular formula is C13H19ClN2O. The van der Waals surface area contributed by atoms with Crippen molar-refractivity contribution >= 4 is 17.4 Å². The molecule has 2 rings (SSSR count). The first kappa shape index (κ1) is 12.7. The largest absolute Gasteiger partial charge is 0.390 e. The Morgan fingerprint density at radius 3 is 2.76 bits per heavy atom. The lowest BCUT2D eigenvalue weighted by Gasteiger charge is -2.32. The smallest absolute Gasteiger partial charge is 0.129 e. The van der Waals surface area contributed by atoms with Crippen LogP contribution >= 0.6 is 11.6 Å². The van der Waals surface area contributed by atoms with Crippen LogP contribution in [-0.2, 0) is 6.61 Å². The van der Waals surface area contributed by atoms with E-state index in [1.165, 1.54) is 19.3 Å². The maximum absolute atomic E-state index is 9.17. The van der Waals surface area contributed by atoms with Crippen molar-refractivity contribution in [1.29, 1.82) is 0 Å². The third kappa shape index (κ3) is 2.90. The Balaban J connectivity index is 2.11. The van der Waals surface area contributed by atoms with Crippen LogP contribution in [0.2, 0.25) is 5.02 Å². The SMILES string of the molecule is CCN(CC1CCC1)c1ccc(Cl)c(CO)n1. The lowest BCUT2D eigenvalue weighted by molar-refractivity contribution is 0.277. The lowest BCUT2D eigenvalue weighted by atomic mass is 9.85. The molecule has 17 heavy (non-hydrogen) atoms. The van der Waals surface area contributed by atoms with E-state index >= 15 is 0 Å². The van der Waals surface area contributed by atoms with Gasteiger partial charge in [-0.25, -0.2) is 4.98 Å². The fraction of sp³-hybridized carbons (Fsp3) is 0.615. The molecule has 0 bridgehead atoms. The third-order valence-corrected chi connectivity index (χ3v) is 3.81. The topological polar surface area (TPSA) is 36.4 Å². The summed E-state index contributed by atoms with van der Waals surface area (Å²) in [6, 6.07) is 3.75. The maximum atomic E-state index is 9.17. The van der Waals surface area contributed by atoms with Crippen LogP contribution in [0.15, 0.2) is 12.1 Å². The summed E-state index contributed by atoms with van der Waals surface area (Å²) >= 11 is 5.95. The molecule has 1 N–H and O–H groups in total. The van der Waals surface area contributed by atoms with E-state index in [9.17, 15) is 5.11 Å². The molecule has 0 aromatic carbocycles. The second-order valence-corrected chi connectivity index (χ2v) is 5.00. The highest BCUT2D eigenvalue weighted by molar-refractivity contribution is 6.31. The predicted octanol–water partition coefficient (Wildman–Crippen LogP) is 2.85. The van der Waals surface area contributed by atoms with Crippen molar-refractivity contribution in [3.8, 4) is 0 Å². The first-order valence-electron chi connectivity index (χ1n) is 6.25. The summed E-state index contributed by atoms with van der Waals surface area (Å²) in [4.78, 5) is 6.68. The van der Waals surface area contributed by atoms with E-state index in [2.05, 4.69) is 16.8 Å². The van der Waals surface area contributed by atoms with E-state index < -0.39 is 0 Å². The third-order valence-electron chi connectivity index (χ3n) is 3.46. The van der Waals surface area contributed by atoms with Gasteiger partial charge in [-0.05, 0) is 37.8 Å². The fourth-order valence-corrected chi connectivity index (χ4v) is 2.30. The standard InChI is InChI=1S/C13H19ClN2O/c1-2-16(8-10-4-3-5-10)13-7-6-11(14)12(9-17)15-13/h6-7,10,17H,2-5,8-9H2,1H3. The molecule has 94 valence electrons. The van der Waals surface area contributed by atoms with Crippen LogP contribution in [0.1, 0.15) is 31.9 Å². The highest BCUT2D eigenvalue weighted by atomic mass is 35.5. The van der Waals surface area contributed by atoms with Gasteiger partial charge >= 0.3 is 0 Å². The van der Waals surface area contributed by atoms with Crippen molar-refractivity contribution in [2.45, 2.75) is 32.8 Å². The molecule has 0 spiro atoms. The molecule has 0 aliphatic heterocycles. The maximum Gasteiger partial charge on any atom is 0.129 e. The molecule has 1 saturated carbocycles. The number of anilines is 1. The summed E-state index contributed by atoms with van der Waals surface area (Å²) in [5.74, 6) is 1.73.